The Balaban J connectivity index is 0.00000211. The van der Waals surface area contributed by atoms with Gasteiger partial charge >= 0.3 is 6.09 Å². The van der Waals surface area contributed by atoms with E-state index >= 15 is 0 Å². The molecule has 0 aromatic rings. The minimum atomic E-state index is -0.424. The van der Waals surface area contributed by atoms with Crippen LogP contribution in [0.3, 0.4) is 0 Å². The van der Waals surface area contributed by atoms with Crippen LogP contribution in [0.15, 0.2) is 36.5 Å². The van der Waals surface area contributed by atoms with E-state index in [-0.39, 0.29) is 6.09 Å². The van der Waals surface area contributed by atoms with Gasteiger partial charge in [-0.2, -0.15) is 0 Å². The molecule has 0 N–H and O–H groups in total. The Labute approximate surface area is 136 Å². The first kappa shape index (κ1) is 20.5. The predicted molar refractivity (Wildman–Crippen MR) is 95.0 cm³/mol. The highest BCUT2D eigenvalue weighted by Gasteiger charge is 2.27. The van der Waals surface area contributed by atoms with Crippen molar-refractivity contribution in [3.8, 4) is 0 Å². The van der Waals surface area contributed by atoms with Crippen LogP contribution in [0, 0.1) is 5.92 Å². The fourth-order valence-electron chi connectivity index (χ4n) is 2.38. The van der Waals surface area contributed by atoms with Crippen molar-refractivity contribution in [1.29, 1.82) is 0 Å². The molecule has 0 atom stereocenters. The molecule has 0 aliphatic carbocycles. The van der Waals surface area contributed by atoms with Crippen molar-refractivity contribution in [1.82, 2.24) is 4.90 Å². The van der Waals surface area contributed by atoms with Gasteiger partial charge < -0.3 is 9.64 Å². The Morgan fingerprint density at radius 1 is 1.23 bits per heavy atom. The highest BCUT2D eigenvalue weighted by atomic mass is 16.6. The third-order valence-electron chi connectivity index (χ3n) is 3.29. The Hall–Kier alpha value is -1.51. The molecule has 1 amide bonds. The molecule has 0 bridgehead atoms. The van der Waals surface area contributed by atoms with E-state index in [4.69, 9.17) is 4.74 Å². The molecule has 1 aliphatic rings. The Bertz CT molecular complexity index is 394. The van der Waals surface area contributed by atoms with Crippen molar-refractivity contribution in [2.75, 3.05) is 13.1 Å². The molecule has 0 unspecified atom stereocenters. The van der Waals surface area contributed by atoms with Gasteiger partial charge in [0.15, 0.2) is 0 Å². The van der Waals surface area contributed by atoms with Crippen LogP contribution < -0.4 is 0 Å². The molecule has 0 saturated carbocycles. The quantitative estimate of drug-likeness (QED) is 0.658. The topological polar surface area (TPSA) is 29.5 Å². The zero-order valence-electron chi connectivity index (χ0n) is 15.2. The monoisotopic (exact) mass is 307 g/mol. The van der Waals surface area contributed by atoms with Crippen LogP contribution in [0.2, 0.25) is 0 Å². The van der Waals surface area contributed by atoms with Crippen molar-refractivity contribution in [2.24, 2.45) is 5.92 Å². The summed E-state index contributed by atoms with van der Waals surface area (Å²) in [7, 11) is 0. The van der Waals surface area contributed by atoms with E-state index in [0.29, 0.717) is 5.92 Å². The Kier molecular flexibility index (Phi) is 9.55. The number of nitrogens with zero attached hydrogens (tertiary/aromatic N) is 1. The van der Waals surface area contributed by atoms with Crippen LogP contribution in [0.5, 0.6) is 0 Å². The standard InChI is InChI=1S/C17H27NO2.C2H6/c1-6-8-14(9-7-2)15-10-12-18(13-11-15)16(19)20-17(3,4)5;1-2/h6-9,15H,1,10-13H2,2-5H3;1-2H3/b9-7-,14-8+;. The zero-order valence-corrected chi connectivity index (χ0v) is 15.2. The second kappa shape index (κ2) is 10.3. The van der Waals surface area contributed by atoms with Gasteiger partial charge in [0.05, 0.1) is 0 Å². The van der Waals surface area contributed by atoms with Crippen LogP contribution in [0.4, 0.5) is 4.79 Å². The van der Waals surface area contributed by atoms with E-state index in [1.54, 1.807) is 0 Å². The molecule has 1 saturated heterocycles. The summed E-state index contributed by atoms with van der Waals surface area (Å²) in [4.78, 5) is 13.8. The van der Waals surface area contributed by atoms with Gasteiger partial charge in [0.2, 0.25) is 0 Å². The minimum absolute atomic E-state index is 0.198. The van der Waals surface area contributed by atoms with E-state index in [2.05, 4.69) is 24.8 Å². The summed E-state index contributed by atoms with van der Waals surface area (Å²) < 4.78 is 5.41. The molecule has 1 aliphatic heterocycles. The van der Waals surface area contributed by atoms with Gasteiger partial charge in [0, 0.05) is 13.1 Å². The first-order valence-electron chi connectivity index (χ1n) is 8.30. The van der Waals surface area contributed by atoms with E-state index < -0.39 is 5.60 Å². The summed E-state index contributed by atoms with van der Waals surface area (Å²) in [6.07, 6.45) is 9.83. The molecule has 126 valence electrons. The molecule has 22 heavy (non-hydrogen) atoms. The Morgan fingerprint density at radius 3 is 2.18 bits per heavy atom. The highest BCUT2D eigenvalue weighted by Crippen LogP contribution is 2.26. The van der Waals surface area contributed by atoms with Gasteiger partial charge in [-0.15, -0.1) is 0 Å². The van der Waals surface area contributed by atoms with E-state index in [1.807, 2.05) is 52.5 Å². The van der Waals surface area contributed by atoms with Crippen LogP contribution in [-0.4, -0.2) is 29.7 Å². The van der Waals surface area contributed by atoms with E-state index in [1.165, 1.54) is 5.57 Å². The molecule has 3 heteroatoms. The number of carbonyl (C=O) groups is 1. The van der Waals surface area contributed by atoms with Crippen molar-refractivity contribution >= 4 is 6.09 Å². The third kappa shape index (κ3) is 7.48. The summed E-state index contributed by atoms with van der Waals surface area (Å²) in [5.41, 5.74) is 0.874. The molecule has 0 aromatic heterocycles. The molecule has 0 spiro atoms. The smallest absolute Gasteiger partial charge is 0.410 e. The summed E-state index contributed by atoms with van der Waals surface area (Å²) in [6, 6.07) is 0. The second-order valence-electron chi connectivity index (χ2n) is 6.14. The molecular formula is C19H33NO2. The van der Waals surface area contributed by atoms with Crippen molar-refractivity contribution in [2.45, 2.75) is 60.0 Å². The maximum atomic E-state index is 12.0. The fourth-order valence-corrected chi connectivity index (χ4v) is 2.38. The molecule has 1 fully saturated rings. The van der Waals surface area contributed by atoms with E-state index in [9.17, 15) is 4.79 Å². The van der Waals surface area contributed by atoms with Gasteiger partial charge in [-0.05, 0) is 52.0 Å². The minimum Gasteiger partial charge on any atom is -0.444 e. The second-order valence-corrected chi connectivity index (χ2v) is 6.14. The number of ether oxygens (including phenoxy) is 1. The van der Waals surface area contributed by atoms with Crippen molar-refractivity contribution < 1.29 is 9.53 Å². The number of rotatable bonds is 3. The lowest BCUT2D eigenvalue weighted by Gasteiger charge is -2.34. The van der Waals surface area contributed by atoms with Crippen molar-refractivity contribution in [3.63, 3.8) is 0 Å². The number of allylic oxidation sites excluding steroid dienone is 5. The molecule has 0 aromatic carbocycles. The lowest BCUT2D eigenvalue weighted by molar-refractivity contribution is 0.0195. The average Bonchev–Trinajstić information content (AvgIpc) is 2.47. The van der Waals surface area contributed by atoms with Crippen molar-refractivity contribution in [3.05, 3.63) is 36.5 Å². The van der Waals surface area contributed by atoms with Gasteiger partial charge in [-0.3, -0.25) is 0 Å². The lowest BCUT2D eigenvalue weighted by Crippen LogP contribution is -2.41. The largest absolute Gasteiger partial charge is 0.444 e. The van der Waals surface area contributed by atoms with Gasteiger partial charge in [-0.1, -0.05) is 44.7 Å². The number of likely N-dealkylation sites (tertiary alicyclic amines) is 1. The summed E-state index contributed by atoms with van der Waals surface area (Å²) >= 11 is 0. The molecule has 1 rings (SSSR count). The van der Waals surface area contributed by atoms with Crippen LogP contribution in [-0.2, 0) is 4.74 Å². The van der Waals surface area contributed by atoms with Gasteiger partial charge in [0.25, 0.3) is 0 Å². The summed E-state index contributed by atoms with van der Waals surface area (Å²) in [6.45, 7) is 17.0. The summed E-state index contributed by atoms with van der Waals surface area (Å²) in [5.74, 6) is 0.503. The highest BCUT2D eigenvalue weighted by molar-refractivity contribution is 5.68. The Morgan fingerprint density at radius 2 is 1.77 bits per heavy atom. The molecule has 0 radical (unpaired) electrons. The third-order valence-corrected chi connectivity index (χ3v) is 3.29. The predicted octanol–water partition coefficient (Wildman–Crippen LogP) is 5.35. The van der Waals surface area contributed by atoms with Crippen LogP contribution >= 0.6 is 0 Å². The number of piperidine rings is 1. The summed E-state index contributed by atoms with van der Waals surface area (Å²) in [5, 5.41) is 0. The number of amides is 1. The first-order valence-corrected chi connectivity index (χ1v) is 8.30. The maximum absolute atomic E-state index is 12.0. The maximum Gasteiger partial charge on any atom is 0.410 e. The van der Waals surface area contributed by atoms with Gasteiger partial charge in [-0.25, -0.2) is 4.79 Å². The SMILES string of the molecule is C=C/C=C(\C=C/C)C1CCN(C(=O)OC(C)(C)C)CC1.CC. The van der Waals surface area contributed by atoms with E-state index in [0.717, 1.165) is 25.9 Å². The van der Waals surface area contributed by atoms with Crippen LogP contribution in [0.25, 0.3) is 0 Å². The number of hydrogen-bond acceptors (Lipinski definition) is 2. The van der Waals surface area contributed by atoms with Gasteiger partial charge in [0.1, 0.15) is 5.60 Å². The number of hydrogen-bond donors (Lipinski definition) is 0. The molecule has 1 heterocycles. The fraction of sp³-hybridized carbons (Fsp3) is 0.632. The average molecular weight is 307 g/mol. The zero-order chi connectivity index (χ0) is 17.2. The number of carbonyl (C=O) groups excluding carboxylic acids is 1. The molecular weight excluding hydrogens is 274 g/mol. The van der Waals surface area contributed by atoms with Crippen LogP contribution in [0.1, 0.15) is 54.4 Å². The normalized spacial score (nSPS) is 17.0. The first-order chi connectivity index (χ1) is 10.4. The lowest BCUT2D eigenvalue weighted by atomic mass is 9.88. The molecule has 3 nitrogen and oxygen atoms in total.